The molecule has 0 aliphatic carbocycles. The van der Waals surface area contributed by atoms with Gasteiger partial charge < -0.3 is 28.9 Å². The number of rotatable bonds is 6. The monoisotopic (exact) mass is 486 g/mol. The molecule has 1 heterocycles. The molecule has 0 N–H and O–H groups in total. The van der Waals surface area contributed by atoms with Gasteiger partial charge in [0.1, 0.15) is 6.54 Å². The Morgan fingerprint density at radius 3 is 2.21 bits per heavy atom. The lowest BCUT2D eigenvalue weighted by atomic mass is 9.81. The summed E-state index contributed by atoms with van der Waals surface area (Å²) in [6.07, 6.45) is 9.89. The molecule has 0 saturated heterocycles. The molecule has 2 aromatic rings. The van der Waals surface area contributed by atoms with Crippen molar-refractivity contribution in [3.05, 3.63) is 77.9 Å². The van der Waals surface area contributed by atoms with Crippen molar-refractivity contribution in [2.75, 3.05) is 25.5 Å². The largest absolute Gasteiger partial charge is 1.00 e. The average Bonchev–Trinajstić information content (AvgIpc) is 2.87. The minimum atomic E-state index is 0. The number of halogens is 1. The van der Waals surface area contributed by atoms with Gasteiger partial charge in [-0.2, -0.15) is 4.58 Å². The lowest BCUT2D eigenvalue weighted by Crippen LogP contribution is -3.00. The van der Waals surface area contributed by atoms with Gasteiger partial charge in [-0.15, -0.1) is 0 Å². The molecule has 0 atom stereocenters. The number of allylic oxidation sites excluding steroid dienone is 3. The molecule has 0 fully saturated rings. The van der Waals surface area contributed by atoms with E-state index < -0.39 is 0 Å². The molecule has 0 spiro atoms. The van der Waals surface area contributed by atoms with Gasteiger partial charge in [0.2, 0.25) is 5.69 Å². The van der Waals surface area contributed by atoms with Gasteiger partial charge >= 0.3 is 0 Å². The average molecular weight is 486 g/mol. The summed E-state index contributed by atoms with van der Waals surface area (Å²) >= 11 is 0. The highest BCUT2D eigenvalue weighted by atomic mass is 127. The van der Waals surface area contributed by atoms with Crippen molar-refractivity contribution in [1.82, 2.24) is 0 Å². The zero-order valence-electron chi connectivity index (χ0n) is 17.6. The van der Waals surface area contributed by atoms with E-state index in [9.17, 15) is 0 Å². The maximum absolute atomic E-state index is 2.48. The minimum Gasteiger partial charge on any atom is -1.00 e. The summed E-state index contributed by atoms with van der Waals surface area (Å²) in [5, 5.41) is 0. The van der Waals surface area contributed by atoms with Crippen LogP contribution in [-0.2, 0) is 5.41 Å². The third-order valence-electron chi connectivity index (χ3n) is 5.31. The molecule has 0 unspecified atom stereocenters. The fourth-order valence-electron chi connectivity index (χ4n) is 3.80. The van der Waals surface area contributed by atoms with E-state index in [1.165, 1.54) is 28.2 Å². The number of anilines is 1. The van der Waals surface area contributed by atoms with Gasteiger partial charge in [0.05, 0.1) is 5.41 Å². The summed E-state index contributed by atoms with van der Waals surface area (Å²) in [6.45, 7) is 7.94. The van der Waals surface area contributed by atoms with Crippen LogP contribution in [0, 0.1) is 0 Å². The number of benzene rings is 2. The van der Waals surface area contributed by atoms with Crippen LogP contribution < -0.4 is 28.9 Å². The van der Waals surface area contributed by atoms with Crippen LogP contribution in [0.5, 0.6) is 0 Å². The number of fused-ring (bicyclic) bond motifs is 1. The van der Waals surface area contributed by atoms with Crippen LogP contribution in [0.3, 0.4) is 0 Å². The lowest BCUT2D eigenvalue weighted by Gasteiger charge is -2.15. The molecule has 0 amide bonds. The smallest absolute Gasteiger partial charge is 0.209 e. The predicted octanol–water partition coefficient (Wildman–Crippen LogP) is 2.81. The Morgan fingerprint density at radius 1 is 0.929 bits per heavy atom. The van der Waals surface area contributed by atoms with Crippen LogP contribution in [0.25, 0.3) is 6.08 Å². The Morgan fingerprint density at radius 2 is 1.57 bits per heavy atom. The highest BCUT2D eigenvalue weighted by molar-refractivity contribution is 6.03. The molecule has 3 rings (SSSR count). The molecular weight excluding hydrogens is 455 g/mol. The highest BCUT2D eigenvalue weighted by Crippen LogP contribution is 2.39. The zero-order valence-corrected chi connectivity index (χ0v) is 19.8. The molecule has 0 saturated carbocycles. The van der Waals surface area contributed by atoms with Gasteiger partial charge in [-0.05, 0) is 31.5 Å². The zero-order chi connectivity index (χ0) is 19.4. The van der Waals surface area contributed by atoms with Gasteiger partial charge in [-0.3, -0.25) is 0 Å². The minimum absolute atomic E-state index is 0. The molecule has 0 aromatic heterocycles. The van der Waals surface area contributed by atoms with Crippen LogP contribution in [0.4, 0.5) is 11.4 Å². The van der Waals surface area contributed by atoms with Crippen molar-refractivity contribution in [3.8, 4) is 0 Å². The fraction of sp³-hybridized carbons (Fsp3) is 0.320. The van der Waals surface area contributed by atoms with E-state index >= 15 is 0 Å². The Hall–Kier alpha value is -1.88. The maximum Gasteiger partial charge on any atom is 0.209 e. The van der Waals surface area contributed by atoms with Crippen LogP contribution in [-0.4, -0.2) is 30.9 Å². The standard InChI is InChI=1S/C25H31N2.HI/c1-6-19-27-23-13-9-8-12-22(23)25(2,3)24(27)14-10-7-11-20-15-17-21(18-16-20)26(4)5;/h7-18H,6,19H2,1-5H3;1H/q+1;/p-1. The third kappa shape index (κ3) is 4.57. The number of nitrogens with zero attached hydrogens (tertiary/aromatic N) is 2. The molecule has 1 aliphatic heterocycles. The first-order valence-electron chi connectivity index (χ1n) is 9.81. The summed E-state index contributed by atoms with van der Waals surface area (Å²) in [5.74, 6) is 0. The van der Waals surface area contributed by atoms with Crippen molar-refractivity contribution in [3.63, 3.8) is 0 Å². The highest BCUT2D eigenvalue weighted by Gasteiger charge is 2.43. The number of hydrogen-bond donors (Lipinski definition) is 0. The third-order valence-corrected chi connectivity index (χ3v) is 5.31. The molecule has 3 heteroatoms. The van der Waals surface area contributed by atoms with Gasteiger partial charge in [0.25, 0.3) is 0 Å². The van der Waals surface area contributed by atoms with E-state index in [1.807, 2.05) is 0 Å². The Bertz CT molecular complexity index is 887. The molecule has 1 aliphatic rings. The summed E-state index contributed by atoms with van der Waals surface area (Å²) in [6, 6.07) is 17.4. The van der Waals surface area contributed by atoms with Gasteiger partial charge in [-0.1, -0.05) is 55.5 Å². The van der Waals surface area contributed by atoms with E-state index in [0.717, 1.165) is 13.0 Å². The van der Waals surface area contributed by atoms with Gasteiger partial charge in [0, 0.05) is 43.9 Å². The molecular formula is C25H31IN2. The molecule has 2 aromatic carbocycles. The second-order valence-electron chi connectivity index (χ2n) is 7.88. The SMILES string of the molecule is CCC[N+]1=C(/C=C/C=C/c2ccc(N(C)C)cc2)C(C)(C)c2ccccc21.[I-]. The van der Waals surface area contributed by atoms with Crippen molar-refractivity contribution >= 4 is 23.2 Å². The number of hydrogen-bond acceptors (Lipinski definition) is 1. The lowest BCUT2D eigenvalue weighted by molar-refractivity contribution is -0.437. The Balaban J connectivity index is 0.00000280. The van der Waals surface area contributed by atoms with E-state index in [4.69, 9.17) is 0 Å². The quantitative estimate of drug-likeness (QED) is 0.346. The van der Waals surface area contributed by atoms with Crippen molar-refractivity contribution in [2.45, 2.75) is 32.6 Å². The van der Waals surface area contributed by atoms with E-state index in [2.05, 4.69) is 117 Å². The molecule has 2 nitrogen and oxygen atoms in total. The first-order valence-corrected chi connectivity index (χ1v) is 9.81. The molecule has 0 radical (unpaired) electrons. The van der Waals surface area contributed by atoms with Crippen LogP contribution in [0.2, 0.25) is 0 Å². The van der Waals surface area contributed by atoms with Crippen molar-refractivity contribution in [1.29, 1.82) is 0 Å². The summed E-state index contributed by atoms with van der Waals surface area (Å²) in [4.78, 5) is 2.12. The first kappa shape index (κ1) is 22.4. The Labute approximate surface area is 187 Å². The van der Waals surface area contributed by atoms with Crippen molar-refractivity contribution < 1.29 is 28.6 Å². The van der Waals surface area contributed by atoms with E-state index in [1.54, 1.807) is 0 Å². The molecule has 148 valence electrons. The van der Waals surface area contributed by atoms with E-state index in [0.29, 0.717) is 0 Å². The summed E-state index contributed by atoms with van der Waals surface area (Å²) in [5.41, 5.74) is 6.61. The normalized spacial score (nSPS) is 15.2. The van der Waals surface area contributed by atoms with Crippen LogP contribution in [0.1, 0.15) is 38.3 Å². The second-order valence-corrected chi connectivity index (χ2v) is 7.88. The number of para-hydroxylation sites is 1. The van der Waals surface area contributed by atoms with Gasteiger partial charge in [-0.25, -0.2) is 0 Å². The second kappa shape index (κ2) is 9.55. The topological polar surface area (TPSA) is 6.25 Å². The maximum atomic E-state index is 2.48. The van der Waals surface area contributed by atoms with Gasteiger partial charge in [0.15, 0.2) is 5.71 Å². The first-order chi connectivity index (χ1) is 12.9. The molecule has 28 heavy (non-hydrogen) atoms. The summed E-state index contributed by atoms with van der Waals surface area (Å²) < 4.78 is 2.48. The van der Waals surface area contributed by atoms with Crippen molar-refractivity contribution in [2.24, 2.45) is 0 Å². The van der Waals surface area contributed by atoms with Crippen LogP contribution in [0.15, 0.2) is 66.8 Å². The summed E-state index contributed by atoms with van der Waals surface area (Å²) in [7, 11) is 4.13. The molecule has 0 bridgehead atoms. The van der Waals surface area contributed by atoms with Crippen LogP contribution >= 0.6 is 0 Å². The fourth-order valence-corrected chi connectivity index (χ4v) is 3.80. The Kier molecular flexibility index (Phi) is 7.64. The predicted molar refractivity (Wildman–Crippen MR) is 118 cm³/mol. The van der Waals surface area contributed by atoms with E-state index in [-0.39, 0.29) is 29.4 Å².